The quantitative estimate of drug-likeness (QED) is 0.606. The predicted octanol–water partition coefficient (Wildman–Crippen LogP) is 5.14. The first-order chi connectivity index (χ1) is 14.7. The Morgan fingerprint density at radius 1 is 0.833 bits per heavy atom. The van der Waals surface area contributed by atoms with E-state index < -0.39 is 0 Å². The molecule has 0 amide bonds. The Kier molecular flexibility index (Phi) is 5.09. The van der Waals surface area contributed by atoms with Gasteiger partial charge in [-0.1, -0.05) is 18.2 Å². The van der Waals surface area contributed by atoms with Gasteiger partial charge in [0, 0.05) is 43.9 Å². The summed E-state index contributed by atoms with van der Waals surface area (Å²) in [4.78, 5) is 4.88. The molecule has 0 spiro atoms. The van der Waals surface area contributed by atoms with Gasteiger partial charge in [-0.15, -0.1) is 0 Å². The third-order valence-electron chi connectivity index (χ3n) is 6.23. The number of anilines is 1. The molecule has 154 valence electrons. The Labute approximate surface area is 178 Å². The fourth-order valence-corrected chi connectivity index (χ4v) is 4.38. The number of benzene rings is 3. The number of ether oxygens (including phenoxy) is 2. The van der Waals surface area contributed by atoms with Crippen LogP contribution in [0.25, 0.3) is 16.8 Å². The first-order valence-electron chi connectivity index (χ1n) is 10.7. The Bertz CT molecular complexity index is 1070. The molecule has 3 aromatic rings. The van der Waals surface area contributed by atoms with Crippen LogP contribution in [0, 0.1) is 0 Å². The fourth-order valence-electron chi connectivity index (χ4n) is 4.38. The van der Waals surface area contributed by atoms with E-state index in [4.69, 9.17) is 9.47 Å². The van der Waals surface area contributed by atoms with Crippen molar-refractivity contribution in [3.63, 3.8) is 0 Å². The summed E-state index contributed by atoms with van der Waals surface area (Å²) in [5.74, 6) is 1.71. The lowest BCUT2D eigenvalue weighted by Crippen LogP contribution is -2.44. The highest BCUT2D eigenvalue weighted by Crippen LogP contribution is 2.36. The minimum atomic E-state index is 0.0232. The zero-order valence-electron chi connectivity index (χ0n) is 17.7. The topological polar surface area (TPSA) is 24.9 Å². The molecule has 0 bridgehead atoms. The average molecular weight is 401 g/mol. The Hall–Kier alpha value is -2.98. The van der Waals surface area contributed by atoms with Gasteiger partial charge in [0.1, 0.15) is 17.6 Å². The van der Waals surface area contributed by atoms with Crippen LogP contribution in [0.15, 0.2) is 60.7 Å². The molecule has 1 heterocycles. The van der Waals surface area contributed by atoms with E-state index in [1.54, 1.807) is 7.11 Å². The number of hydrogen-bond donors (Lipinski definition) is 0. The van der Waals surface area contributed by atoms with E-state index in [9.17, 15) is 0 Å². The average Bonchev–Trinajstić information content (AvgIpc) is 2.79. The van der Waals surface area contributed by atoms with Crippen LogP contribution in [-0.2, 0) is 0 Å². The zero-order chi connectivity index (χ0) is 20.5. The van der Waals surface area contributed by atoms with Crippen LogP contribution in [0.5, 0.6) is 11.5 Å². The lowest BCUT2D eigenvalue weighted by Gasteiger charge is -2.34. The molecule has 1 unspecified atom stereocenters. The molecule has 30 heavy (non-hydrogen) atoms. The molecule has 4 nitrogen and oxygen atoms in total. The van der Waals surface area contributed by atoms with Crippen LogP contribution < -0.4 is 14.4 Å². The molecule has 0 aromatic heterocycles. The maximum atomic E-state index is 6.37. The van der Waals surface area contributed by atoms with Gasteiger partial charge in [0.2, 0.25) is 0 Å². The van der Waals surface area contributed by atoms with Gasteiger partial charge in [-0.2, -0.15) is 0 Å². The summed E-state index contributed by atoms with van der Waals surface area (Å²) in [6.07, 6.45) is 5.33. The second-order valence-corrected chi connectivity index (χ2v) is 8.22. The number of hydrogen-bond acceptors (Lipinski definition) is 4. The lowest BCUT2D eigenvalue weighted by molar-refractivity contribution is 0.208. The van der Waals surface area contributed by atoms with Crippen LogP contribution in [0.3, 0.4) is 0 Å². The minimum absolute atomic E-state index is 0.0232. The molecular weight excluding hydrogens is 372 g/mol. The van der Waals surface area contributed by atoms with Crippen molar-refractivity contribution >= 4 is 22.5 Å². The SMILES string of the molecule is COc1ccc(OC2CC=Cc3cc4ccc(N5CCN(C)CC5)cc4cc32)cc1. The summed E-state index contributed by atoms with van der Waals surface area (Å²) < 4.78 is 11.6. The maximum absolute atomic E-state index is 6.37. The van der Waals surface area contributed by atoms with E-state index in [0.29, 0.717) is 0 Å². The molecule has 1 atom stereocenters. The van der Waals surface area contributed by atoms with Gasteiger partial charge in [-0.3, -0.25) is 0 Å². The van der Waals surface area contributed by atoms with Crippen molar-refractivity contribution < 1.29 is 9.47 Å². The largest absolute Gasteiger partial charge is 0.497 e. The molecule has 0 saturated carbocycles. The highest BCUT2D eigenvalue weighted by Gasteiger charge is 2.20. The second kappa shape index (κ2) is 8.04. The molecule has 2 aliphatic rings. The van der Waals surface area contributed by atoms with Gasteiger partial charge in [0.25, 0.3) is 0 Å². The van der Waals surface area contributed by atoms with Crippen molar-refractivity contribution in [3.05, 3.63) is 71.8 Å². The fraction of sp³-hybridized carbons (Fsp3) is 0.308. The highest BCUT2D eigenvalue weighted by atomic mass is 16.5. The molecule has 1 saturated heterocycles. The van der Waals surface area contributed by atoms with Crippen molar-refractivity contribution in [3.8, 4) is 11.5 Å². The Morgan fingerprint density at radius 2 is 1.60 bits per heavy atom. The Morgan fingerprint density at radius 3 is 2.37 bits per heavy atom. The van der Waals surface area contributed by atoms with Crippen LogP contribution in [-0.4, -0.2) is 45.2 Å². The third-order valence-corrected chi connectivity index (χ3v) is 6.23. The number of fused-ring (bicyclic) bond motifs is 2. The van der Waals surface area contributed by atoms with Gasteiger partial charge in [-0.25, -0.2) is 0 Å². The van der Waals surface area contributed by atoms with Gasteiger partial charge in [0.05, 0.1) is 7.11 Å². The molecule has 3 aromatic carbocycles. The molecule has 0 radical (unpaired) electrons. The Balaban J connectivity index is 1.44. The molecule has 1 fully saturated rings. The molecule has 5 rings (SSSR count). The number of nitrogens with zero attached hydrogens (tertiary/aromatic N) is 2. The summed E-state index contributed by atoms with van der Waals surface area (Å²) in [6, 6.07) is 19.3. The van der Waals surface area contributed by atoms with Crippen molar-refractivity contribution in [1.29, 1.82) is 0 Å². The summed E-state index contributed by atoms with van der Waals surface area (Å²) in [6.45, 7) is 4.40. The summed E-state index contributed by atoms with van der Waals surface area (Å²) in [5.41, 5.74) is 3.82. The zero-order valence-corrected chi connectivity index (χ0v) is 17.7. The summed E-state index contributed by atoms with van der Waals surface area (Å²) in [5, 5.41) is 2.56. The lowest BCUT2D eigenvalue weighted by atomic mass is 9.91. The first kappa shape index (κ1) is 19.0. The monoisotopic (exact) mass is 400 g/mol. The number of rotatable bonds is 4. The number of piperazine rings is 1. The van der Waals surface area contributed by atoms with Crippen LogP contribution in [0.2, 0.25) is 0 Å². The second-order valence-electron chi connectivity index (χ2n) is 8.22. The van der Waals surface area contributed by atoms with E-state index in [1.807, 2.05) is 24.3 Å². The number of methoxy groups -OCH3 is 1. The van der Waals surface area contributed by atoms with Gasteiger partial charge >= 0.3 is 0 Å². The van der Waals surface area contributed by atoms with Gasteiger partial charge in [0.15, 0.2) is 0 Å². The van der Waals surface area contributed by atoms with E-state index in [-0.39, 0.29) is 6.10 Å². The molecule has 0 N–H and O–H groups in total. The smallest absolute Gasteiger partial charge is 0.128 e. The predicted molar refractivity (Wildman–Crippen MR) is 124 cm³/mol. The molecule has 1 aliphatic carbocycles. The van der Waals surface area contributed by atoms with Crippen molar-refractivity contribution in [1.82, 2.24) is 4.90 Å². The van der Waals surface area contributed by atoms with E-state index in [2.05, 4.69) is 59.3 Å². The van der Waals surface area contributed by atoms with E-state index >= 15 is 0 Å². The van der Waals surface area contributed by atoms with Crippen LogP contribution in [0.4, 0.5) is 5.69 Å². The molecule has 1 aliphatic heterocycles. The van der Waals surface area contributed by atoms with Crippen molar-refractivity contribution in [2.45, 2.75) is 12.5 Å². The molecular formula is C26H28N2O2. The summed E-state index contributed by atoms with van der Waals surface area (Å²) in [7, 11) is 3.88. The number of likely N-dealkylation sites (N-methyl/N-ethyl adjacent to an activating group) is 1. The minimum Gasteiger partial charge on any atom is -0.497 e. The summed E-state index contributed by atoms with van der Waals surface area (Å²) >= 11 is 0. The normalized spacial score (nSPS) is 19.0. The van der Waals surface area contributed by atoms with Crippen LogP contribution in [0.1, 0.15) is 23.7 Å². The first-order valence-corrected chi connectivity index (χ1v) is 10.7. The van der Waals surface area contributed by atoms with Gasteiger partial charge < -0.3 is 19.3 Å². The third kappa shape index (κ3) is 3.75. The highest BCUT2D eigenvalue weighted by molar-refractivity contribution is 5.89. The maximum Gasteiger partial charge on any atom is 0.128 e. The van der Waals surface area contributed by atoms with Crippen LogP contribution >= 0.6 is 0 Å². The van der Waals surface area contributed by atoms with Gasteiger partial charge in [-0.05, 0) is 71.9 Å². The van der Waals surface area contributed by atoms with Crippen molar-refractivity contribution in [2.75, 3.05) is 45.2 Å². The van der Waals surface area contributed by atoms with Crippen molar-refractivity contribution in [2.24, 2.45) is 0 Å². The van der Waals surface area contributed by atoms with E-state index in [0.717, 1.165) is 44.1 Å². The van der Waals surface area contributed by atoms with E-state index in [1.165, 1.54) is 27.6 Å². The standard InChI is InChI=1S/C26H28N2O2/c1-27-12-14-28(15-13-27)22-7-6-19-16-20-4-3-5-26(25(20)18-21(19)17-22)30-24-10-8-23(29-2)9-11-24/h3-4,6-11,16-18,26H,5,12-15H2,1-2H3. The molecule has 4 heteroatoms.